The minimum absolute atomic E-state index is 0.0764. The smallest absolute Gasteiger partial charge is 0.119 e. The number of rotatable bonds is 4. The molecule has 2 N–H and O–H groups in total. The Labute approximate surface area is 114 Å². The van der Waals surface area contributed by atoms with Crippen molar-refractivity contribution >= 4 is 0 Å². The highest BCUT2D eigenvalue weighted by atomic mass is 16.5. The van der Waals surface area contributed by atoms with Crippen molar-refractivity contribution in [1.82, 2.24) is 0 Å². The number of fused-ring (bicyclic) bond motifs is 1. The third-order valence-corrected chi connectivity index (χ3v) is 3.82. The summed E-state index contributed by atoms with van der Waals surface area (Å²) in [6.45, 7) is 2.75. The highest BCUT2D eigenvalue weighted by molar-refractivity contribution is 5.40. The Bertz CT molecular complexity index is 560. The fraction of sp³-hybridized carbons (Fsp3) is 0.294. The average Bonchev–Trinajstić information content (AvgIpc) is 2.40. The first-order chi connectivity index (χ1) is 9.24. The van der Waals surface area contributed by atoms with E-state index in [0.29, 0.717) is 5.92 Å². The van der Waals surface area contributed by atoms with Crippen LogP contribution in [0.15, 0.2) is 48.5 Å². The zero-order valence-corrected chi connectivity index (χ0v) is 11.2. The summed E-state index contributed by atoms with van der Waals surface area (Å²) in [7, 11) is 0. The maximum absolute atomic E-state index is 5.86. The maximum atomic E-state index is 5.86. The molecule has 0 spiro atoms. The van der Waals surface area contributed by atoms with Crippen LogP contribution < -0.4 is 10.5 Å². The fourth-order valence-electron chi connectivity index (χ4n) is 2.58. The number of hydrogen-bond donors (Lipinski definition) is 1. The fourth-order valence-corrected chi connectivity index (χ4v) is 2.58. The van der Waals surface area contributed by atoms with E-state index in [2.05, 4.69) is 24.3 Å². The van der Waals surface area contributed by atoms with Gasteiger partial charge in [-0.25, -0.2) is 0 Å². The van der Waals surface area contributed by atoms with Gasteiger partial charge < -0.3 is 10.5 Å². The lowest BCUT2D eigenvalue weighted by Gasteiger charge is -2.29. The van der Waals surface area contributed by atoms with Gasteiger partial charge >= 0.3 is 0 Å². The molecular formula is C17H19NO. The van der Waals surface area contributed by atoms with E-state index in [0.717, 1.165) is 24.3 Å². The molecule has 0 radical (unpaired) electrons. The lowest BCUT2D eigenvalue weighted by molar-refractivity contribution is 0.275. The van der Waals surface area contributed by atoms with Gasteiger partial charge in [-0.15, -0.1) is 0 Å². The first-order valence-electron chi connectivity index (χ1n) is 6.80. The largest absolute Gasteiger partial charge is 0.493 e. The summed E-state index contributed by atoms with van der Waals surface area (Å²) in [6, 6.07) is 16.8. The predicted molar refractivity (Wildman–Crippen MR) is 77.4 cm³/mol. The van der Waals surface area contributed by atoms with E-state index >= 15 is 0 Å². The molecule has 2 atom stereocenters. The zero-order valence-electron chi connectivity index (χ0n) is 11.2. The van der Waals surface area contributed by atoms with Crippen LogP contribution in [-0.4, -0.2) is 6.61 Å². The van der Waals surface area contributed by atoms with Crippen molar-refractivity contribution in [1.29, 1.82) is 0 Å². The van der Waals surface area contributed by atoms with Crippen LogP contribution in [0.25, 0.3) is 0 Å². The van der Waals surface area contributed by atoms with Crippen LogP contribution in [0, 0.1) is 0 Å². The molecule has 1 aliphatic carbocycles. The molecule has 0 saturated heterocycles. The SMILES string of the molecule is CC(N)c1ccc(OCC2Cc3ccccc32)cc1. The summed E-state index contributed by atoms with van der Waals surface area (Å²) in [6.07, 6.45) is 1.13. The van der Waals surface area contributed by atoms with Crippen molar-refractivity contribution in [2.45, 2.75) is 25.3 Å². The first-order valence-corrected chi connectivity index (χ1v) is 6.80. The third kappa shape index (κ3) is 2.49. The highest BCUT2D eigenvalue weighted by Gasteiger charge is 2.25. The van der Waals surface area contributed by atoms with Crippen molar-refractivity contribution in [2.24, 2.45) is 5.73 Å². The van der Waals surface area contributed by atoms with E-state index in [9.17, 15) is 0 Å². The second kappa shape index (κ2) is 5.06. The maximum Gasteiger partial charge on any atom is 0.119 e. The van der Waals surface area contributed by atoms with Gasteiger partial charge in [-0.2, -0.15) is 0 Å². The Balaban J connectivity index is 1.59. The molecule has 1 aliphatic rings. The second-order valence-corrected chi connectivity index (χ2v) is 5.27. The number of nitrogens with two attached hydrogens (primary N) is 1. The molecule has 0 fully saturated rings. The van der Waals surface area contributed by atoms with Gasteiger partial charge in [-0.1, -0.05) is 36.4 Å². The van der Waals surface area contributed by atoms with Gasteiger partial charge in [-0.05, 0) is 42.2 Å². The number of benzene rings is 2. The highest BCUT2D eigenvalue weighted by Crippen LogP contribution is 2.35. The van der Waals surface area contributed by atoms with Gasteiger partial charge in [0.15, 0.2) is 0 Å². The van der Waals surface area contributed by atoms with Crippen molar-refractivity contribution in [3.8, 4) is 5.75 Å². The molecule has 0 saturated carbocycles. The van der Waals surface area contributed by atoms with Crippen LogP contribution in [0.5, 0.6) is 5.75 Å². The van der Waals surface area contributed by atoms with Crippen molar-refractivity contribution < 1.29 is 4.74 Å². The summed E-state index contributed by atoms with van der Waals surface area (Å²) < 4.78 is 5.86. The van der Waals surface area contributed by atoms with Crippen LogP contribution >= 0.6 is 0 Å². The Hall–Kier alpha value is -1.80. The van der Waals surface area contributed by atoms with Crippen LogP contribution in [-0.2, 0) is 6.42 Å². The van der Waals surface area contributed by atoms with Gasteiger partial charge in [0.25, 0.3) is 0 Å². The molecule has 2 nitrogen and oxygen atoms in total. The monoisotopic (exact) mass is 253 g/mol. The number of hydrogen-bond acceptors (Lipinski definition) is 2. The normalized spacial score (nSPS) is 18.3. The summed E-state index contributed by atoms with van der Waals surface area (Å²) in [5.41, 5.74) is 9.87. The molecule has 0 amide bonds. The summed E-state index contributed by atoms with van der Waals surface area (Å²) in [4.78, 5) is 0. The predicted octanol–water partition coefficient (Wildman–Crippen LogP) is 3.43. The van der Waals surface area contributed by atoms with Crippen molar-refractivity contribution in [3.63, 3.8) is 0 Å². The van der Waals surface area contributed by atoms with Gasteiger partial charge in [-0.3, -0.25) is 0 Å². The van der Waals surface area contributed by atoms with E-state index in [1.165, 1.54) is 11.1 Å². The van der Waals surface area contributed by atoms with Crippen molar-refractivity contribution in [2.75, 3.05) is 6.61 Å². The van der Waals surface area contributed by atoms with E-state index in [1.807, 2.05) is 31.2 Å². The molecule has 19 heavy (non-hydrogen) atoms. The molecule has 0 heterocycles. The summed E-state index contributed by atoms with van der Waals surface area (Å²) in [5.74, 6) is 1.47. The molecule has 2 unspecified atom stereocenters. The lowest BCUT2D eigenvalue weighted by atomic mass is 9.78. The molecule has 2 aromatic carbocycles. The molecule has 0 aliphatic heterocycles. The third-order valence-electron chi connectivity index (χ3n) is 3.82. The van der Waals surface area contributed by atoms with E-state index < -0.39 is 0 Å². The van der Waals surface area contributed by atoms with Gasteiger partial charge in [0.05, 0.1) is 6.61 Å². The Morgan fingerprint density at radius 2 is 1.89 bits per heavy atom. The van der Waals surface area contributed by atoms with Crippen LogP contribution in [0.1, 0.15) is 35.6 Å². The Morgan fingerprint density at radius 3 is 2.58 bits per heavy atom. The summed E-state index contributed by atoms with van der Waals surface area (Å²) >= 11 is 0. The molecule has 2 aromatic rings. The lowest BCUT2D eigenvalue weighted by Crippen LogP contribution is -2.23. The molecule has 0 bridgehead atoms. The van der Waals surface area contributed by atoms with E-state index in [1.54, 1.807) is 0 Å². The molecule has 0 aromatic heterocycles. The second-order valence-electron chi connectivity index (χ2n) is 5.27. The standard InChI is InChI=1S/C17H19NO/c1-12(18)13-6-8-16(9-7-13)19-11-15-10-14-4-2-3-5-17(14)15/h2-9,12,15H,10-11,18H2,1H3. The number of ether oxygens (including phenoxy) is 1. The molecule has 3 rings (SSSR count). The topological polar surface area (TPSA) is 35.2 Å². The molecule has 2 heteroatoms. The molecule has 98 valence electrons. The van der Waals surface area contributed by atoms with E-state index in [4.69, 9.17) is 10.5 Å². The zero-order chi connectivity index (χ0) is 13.2. The van der Waals surface area contributed by atoms with Crippen LogP contribution in [0.2, 0.25) is 0 Å². The minimum atomic E-state index is 0.0764. The van der Waals surface area contributed by atoms with Crippen LogP contribution in [0.4, 0.5) is 0 Å². The average molecular weight is 253 g/mol. The quantitative estimate of drug-likeness (QED) is 0.906. The first kappa shape index (κ1) is 12.2. The van der Waals surface area contributed by atoms with Crippen molar-refractivity contribution in [3.05, 3.63) is 65.2 Å². The Morgan fingerprint density at radius 1 is 1.16 bits per heavy atom. The van der Waals surface area contributed by atoms with Crippen LogP contribution in [0.3, 0.4) is 0 Å². The Kier molecular flexibility index (Phi) is 3.26. The van der Waals surface area contributed by atoms with Gasteiger partial charge in [0.2, 0.25) is 0 Å². The van der Waals surface area contributed by atoms with Gasteiger partial charge in [0, 0.05) is 12.0 Å². The van der Waals surface area contributed by atoms with E-state index in [-0.39, 0.29) is 6.04 Å². The van der Waals surface area contributed by atoms with Gasteiger partial charge in [0.1, 0.15) is 5.75 Å². The molecular weight excluding hydrogens is 234 g/mol. The summed E-state index contributed by atoms with van der Waals surface area (Å²) in [5, 5.41) is 0. The minimum Gasteiger partial charge on any atom is -0.493 e.